The lowest BCUT2D eigenvalue weighted by molar-refractivity contribution is -0.400. The molecule has 1 unspecified atom stereocenters. The van der Waals surface area contributed by atoms with Gasteiger partial charge in [-0.1, -0.05) is 82.7 Å². The van der Waals surface area contributed by atoms with Crippen LogP contribution in [0.1, 0.15) is 77.6 Å². The molecule has 0 saturated carbocycles. The van der Waals surface area contributed by atoms with Crippen molar-refractivity contribution in [1.29, 1.82) is 0 Å². The average Bonchev–Trinajstić information content (AvgIpc) is 2.74. The normalized spacial score (nSPS) is 13.1. The third kappa shape index (κ3) is 16.3. The van der Waals surface area contributed by atoms with E-state index in [0.717, 1.165) is 12.8 Å². The molecule has 176 valence electrons. The molecule has 0 heterocycles. The van der Waals surface area contributed by atoms with E-state index in [0.29, 0.717) is 6.61 Å². The minimum absolute atomic E-state index is 0.206. The Kier molecular flexibility index (Phi) is 23.0. The Labute approximate surface area is 198 Å². The zero-order valence-electron chi connectivity index (χ0n) is 18.0. The third-order valence-corrected chi connectivity index (χ3v) is 5.29. The highest BCUT2D eigenvalue weighted by atomic mass is 35.5. The van der Waals surface area contributed by atoms with E-state index < -0.39 is 11.5 Å². The van der Waals surface area contributed by atoms with Crippen LogP contribution in [0.15, 0.2) is 0 Å². The molecule has 0 rings (SSSR count). The van der Waals surface area contributed by atoms with Crippen molar-refractivity contribution >= 4 is 46.4 Å². The maximum Gasteiger partial charge on any atom is 0.325 e. The van der Waals surface area contributed by atoms with E-state index in [2.05, 4.69) is 6.92 Å². The van der Waals surface area contributed by atoms with Crippen LogP contribution in [0.2, 0.25) is 0 Å². The molecule has 29 heavy (non-hydrogen) atoms. The number of hydrogen-bond donors (Lipinski definition) is 0. The Morgan fingerprint density at radius 3 is 1.34 bits per heavy atom. The summed E-state index contributed by atoms with van der Waals surface area (Å²) >= 11 is 23.6. The molecule has 0 bridgehead atoms. The first kappa shape index (κ1) is 30.0. The van der Waals surface area contributed by atoms with Gasteiger partial charge < -0.3 is 18.9 Å². The fraction of sp³-hybridized carbons (Fsp3) is 1.00. The lowest BCUT2D eigenvalue weighted by Crippen LogP contribution is -2.50. The zero-order chi connectivity index (χ0) is 21.6. The van der Waals surface area contributed by atoms with Crippen molar-refractivity contribution in [3.05, 3.63) is 0 Å². The maximum atomic E-state index is 6.42. The molecule has 0 saturated heterocycles. The van der Waals surface area contributed by atoms with E-state index in [4.69, 9.17) is 65.4 Å². The van der Waals surface area contributed by atoms with Crippen molar-refractivity contribution < 1.29 is 18.9 Å². The highest BCUT2D eigenvalue weighted by Crippen LogP contribution is 2.27. The first-order chi connectivity index (χ1) is 14.2. The Bertz CT molecular complexity index is 316. The van der Waals surface area contributed by atoms with Gasteiger partial charge in [0.25, 0.3) is 0 Å². The Balaban J connectivity index is 4.05. The van der Waals surface area contributed by atoms with Crippen LogP contribution in [0, 0.1) is 0 Å². The van der Waals surface area contributed by atoms with Gasteiger partial charge in [-0.25, -0.2) is 0 Å². The minimum Gasteiger partial charge on any atom is -0.355 e. The molecule has 0 aromatic rings. The van der Waals surface area contributed by atoms with E-state index in [1.807, 2.05) is 0 Å². The third-order valence-electron chi connectivity index (χ3n) is 4.43. The molecule has 0 aliphatic heterocycles. The van der Waals surface area contributed by atoms with Crippen LogP contribution < -0.4 is 0 Å². The molecule has 0 spiro atoms. The second-order valence-electron chi connectivity index (χ2n) is 6.94. The van der Waals surface area contributed by atoms with E-state index in [-0.39, 0.29) is 37.5 Å². The summed E-state index contributed by atoms with van der Waals surface area (Å²) in [5, 5.41) is 0. The number of hydrogen-bond acceptors (Lipinski definition) is 4. The lowest BCUT2D eigenvalue weighted by Gasteiger charge is -2.35. The molecule has 0 amide bonds. The summed E-state index contributed by atoms with van der Waals surface area (Å²) in [5.74, 6) is -0.729. The highest BCUT2D eigenvalue weighted by molar-refractivity contribution is 6.20. The molecule has 0 fully saturated rings. The summed E-state index contributed by atoms with van der Waals surface area (Å²) < 4.78 is 22.7. The standard InChI is InChI=1S/C21H40Cl4O4/c1-2-3-4-5-6-7-8-9-10-11-12-16-26-20(25)21(27-17-13-22,28-18-14-23)29-19-15-24/h20H,2-19H2,1H3. The van der Waals surface area contributed by atoms with Gasteiger partial charge in [0.05, 0.1) is 19.8 Å². The summed E-state index contributed by atoms with van der Waals surface area (Å²) in [5.41, 5.74) is -0.944. The molecular weight excluding hydrogens is 458 g/mol. The number of rotatable bonds is 23. The largest absolute Gasteiger partial charge is 0.355 e. The van der Waals surface area contributed by atoms with Crippen molar-refractivity contribution in [2.75, 3.05) is 44.1 Å². The summed E-state index contributed by atoms with van der Waals surface area (Å²) in [6.07, 6.45) is 14.0. The van der Waals surface area contributed by atoms with Crippen molar-refractivity contribution in [1.82, 2.24) is 0 Å². The molecule has 0 aliphatic carbocycles. The van der Waals surface area contributed by atoms with Gasteiger partial charge >= 0.3 is 5.97 Å². The molecule has 1 atom stereocenters. The van der Waals surface area contributed by atoms with Crippen molar-refractivity contribution in [3.8, 4) is 0 Å². The first-order valence-electron chi connectivity index (χ1n) is 11.0. The van der Waals surface area contributed by atoms with Gasteiger partial charge in [0.15, 0.2) is 0 Å². The van der Waals surface area contributed by atoms with Gasteiger partial charge in [-0.2, -0.15) is 0 Å². The topological polar surface area (TPSA) is 36.9 Å². The molecule has 4 nitrogen and oxygen atoms in total. The molecule has 0 aromatic heterocycles. The Morgan fingerprint density at radius 1 is 0.586 bits per heavy atom. The Morgan fingerprint density at radius 2 is 0.966 bits per heavy atom. The average molecular weight is 498 g/mol. The molecular formula is C21H40Cl4O4. The zero-order valence-corrected chi connectivity index (χ0v) is 21.0. The van der Waals surface area contributed by atoms with Crippen molar-refractivity contribution in [2.24, 2.45) is 0 Å². The van der Waals surface area contributed by atoms with Gasteiger partial charge in [0.2, 0.25) is 5.56 Å². The van der Waals surface area contributed by atoms with Gasteiger partial charge in [0, 0.05) is 24.2 Å². The van der Waals surface area contributed by atoms with Gasteiger partial charge in [-0.15, -0.1) is 34.8 Å². The number of unbranched alkanes of at least 4 members (excludes halogenated alkanes) is 10. The molecule has 0 aliphatic rings. The van der Waals surface area contributed by atoms with Crippen LogP contribution in [-0.2, 0) is 18.9 Å². The van der Waals surface area contributed by atoms with Crippen molar-refractivity contribution in [2.45, 2.75) is 89.1 Å². The van der Waals surface area contributed by atoms with Crippen LogP contribution in [0.5, 0.6) is 0 Å². The number of halogens is 4. The molecule has 0 radical (unpaired) electrons. The predicted octanol–water partition coefficient (Wildman–Crippen LogP) is 7.30. The second kappa shape index (κ2) is 22.2. The molecule has 8 heteroatoms. The summed E-state index contributed by atoms with van der Waals surface area (Å²) in [6.45, 7) is 3.37. The van der Waals surface area contributed by atoms with Gasteiger partial charge in [-0.05, 0) is 6.42 Å². The highest BCUT2D eigenvalue weighted by Gasteiger charge is 2.43. The van der Waals surface area contributed by atoms with E-state index in [9.17, 15) is 0 Å². The fourth-order valence-corrected chi connectivity index (χ4v) is 3.43. The SMILES string of the molecule is CCCCCCCCCCCCCOC(Cl)C(OCCCl)(OCCCl)OCCCl. The Hall–Kier alpha value is 1.00. The van der Waals surface area contributed by atoms with E-state index >= 15 is 0 Å². The van der Waals surface area contributed by atoms with Crippen LogP contribution in [0.3, 0.4) is 0 Å². The first-order valence-corrected chi connectivity index (χ1v) is 13.1. The molecule has 0 aromatic carbocycles. The van der Waals surface area contributed by atoms with Crippen molar-refractivity contribution in [3.63, 3.8) is 0 Å². The second-order valence-corrected chi connectivity index (χ2v) is 8.47. The van der Waals surface area contributed by atoms with Gasteiger partial charge in [-0.3, -0.25) is 0 Å². The maximum absolute atomic E-state index is 6.42. The summed E-state index contributed by atoms with van der Waals surface area (Å²) in [7, 11) is 0. The number of alkyl halides is 4. The quantitative estimate of drug-likeness (QED) is 0.0842. The van der Waals surface area contributed by atoms with Crippen LogP contribution >= 0.6 is 46.4 Å². The predicted molar refractivity (Wildman–Crippen MR) is 125 cm³/mol. The van der Waals surface area contributed by atoms with E-state index in [1.54, 1.807) is 0 Å². The lowest BCUT2D eigenvalue weighted by atomic mass is 10.1. The van der Waals surface area contributed by atoms with Crippen LogP contribution in [-0.4, -0.2) is 55.6 Å². The monoisotopic (exact) mass is 496 g/mol. The summed E-state index contributed by atoms with van der Waals surface area (Å²) in [4.78, 5) is 0. The van der Waals surface area contributed by atoms with Crippen LogP contribution in [0.25, 0.3) is 0 Å². The molecule has 0 N–H and O–H groups in total. The smallest absolute Gasteiger partial charge is 0.325 e. The van der Waals surface area contributed by atoms with Crippen LogP contribution in [0.4, 0.5) is 0 Å². The summed E-state index contributed by atoms with van der Waals surface area (Å²) in [6, 6.07) is 0. The van der Waals surface area contributed by atoms with E-state index in [1.165, 1.54) is 57.8 Å². The fourth-order valence-electron chi connectivity index (χ4n) is 2.92. The van der Waals surface area contributed by atoms with Gasteiger partial charge in [0.1, 0.15) is 0 Å². The number of ether oxygens (including phenoxy) is 4. The minimum atomic E-state index is -1.56.